The number of aliphatic hydroxyl groups is 1. The van der Waals surface area contributed by atoms with Crippen LogP contribution in [0.5, 0.6) is 5.75 Å². The molecule has 1 amide bonds. The molecule has 102 valence electrons. The van der Waals surface area contributed by atoms with E-state index in [9.17, 15) is 9.90 Å². The predicted octanol–water partition coefficient (Wildman–Crippen LogP) is 1.95. The Morgan fingerprint density at radius 1 is 1.47 bits per heavy atom. The van der Waals surface area contributed by atoms with E-state index in [4.69, 9.17) is 16.3 Å². The highest BCUT2D eigenvalue weighted by Crippen LogP contribution is 2.45. The second-order valence-electron chi connectivity index (χ2n) is 5.38. The summed E-state index contributed by atoms with van der Waals surface area (Å²) in [6.45, 7) is 0.838. The summed E-state index contributed by atoms with van der Waals surface area (Å²) in [6.07, 6.45) is 2.14. The first-order chi connectivity index (χ1) is 9.03. The number of rotatable bonds is 3. The molecule has 1 aromatic carbocycles. The van der Waals surface area contributed by atoms with Crippen molar-refractivity contribution in [1.29, 1.82) is 0 Å². The number of methoxy groups -OCH3 is 1. The average molecular weight is 282 g/mol. The molecule has 0 bridgehead atoms. The second-order valence-corrected chi connectivity index (χ2v) is 5.82. The minimum absolute atomic E-state index is 0.112. The molecular weight excluding hydrogens is 266 g/mol. The van der Waals surface area contributed by atoms with Gasteiger partial charge in [-0.05, 0) is 37.0 Å². The smallest absolute Gasteiger partial charge is 0.257 e. The van der Waals surface area contributed by atoms with Crippen molar-refractivity contribution in [3.8, 4) is 5.75 Å². The average Bonchev–Trinajstić information content (AvgIpc) is 3.18. The molecule has 0 radical (unpaired) electrons. The van der Waals surface area contributed by atoms with E-state index in [-0.39, 0.29) is 5.91 Å². The second kappa shape index (κ2) is 4.39. The lowest BCUT2D eigenvalue weighted by atomic mass is 9.88. The molecule has 1 N–H and O–H groups in total. The van der Waals surface area contributed by atoms with E-state index in [2.05, 4.69) is 0 Å². The van der Waals surface area contributed by atoms with Crippen LogP contribution in [-0.4, -0.2) is 41.7 Å². The van der Waals surface area contributed by atoms with E-state index in [0.717, 1.165) is 12.8 Å². The van der Waals surface area contributed by atoms with Crippen LogP contribution >= 0.6 is 11.6 Å². The van der Waals surface area contributed by atoms with Crippen LogP contribution < -0.4 is 4.74 Å². The number of hydrogen-bond donors (Lipinski definition) is 1. The van der Waals surface area contributed by atoms with Gasteiger partial charge in [-0.25, -0.2) is 0 Å². The van der Waals surface area contributed by atoms with E-state index < -0.39 is 5.60 Å². The fourth-order valence-corrected chi connectivity index (χ4v) is 2.81. The Morgan fingerprint density at radius 2 is 2.16 bits per heavy atom. The Labute approximate surface area is 116 Å². The third-order valence-electron chi connectivity index (χ3n) is 3.95. The van der Waals surface area contributed by atoms with Crippen LogP contribution in [0.25, 0.3) is 0 Å². The summed E-state index contributed by atoms with van der Waals surface area (Å²) in [6, 6.07) is 4.96. The summed E-state index contributed by atoms with van der Waals surface area (Å²) in [7, 11) is 1.51. The number of hydrogen-bond acceptors (Lipinski definition) is 3. The third kappa shape index (κ3) is 2.19. The Hall–Kier alpha value is -1.26. The number of halogens is 1. The molecule has 2 aliphatic rings. The number of likely N-dealkylation sites (tertiary alicyclic amines) is 1. The fraction of sp³-hybridized carbons (Fsp3) is 0.500. The number of amides is 1. The summed E-state index contributed by atoms with van der Waals surface area (Å²) in [5, 5.41) is 10.8. The van der Waals surface area contributed by atoms with Crippen LogP contribution in [0.15, 0.2) is 18.2 Å². The lowest BCUT2D eigenvalue weighted by Gasteiger charge is -2.47. The Kier molecular flexibility index (Phi) is 2.95. The van der Waals surface area contributed by atoms with Crippen molar-refractivity contribution in [2.24, 2.45) is 5.92 Å². The standard InChI is InChI=1S/C14H16ClNO3/c1-19-12-6-10(15)4-5-11(12)13(17)16-7-14(18,8-16)9-2-3-9/h4-6,9,18H,2-3,7-8H2,1H3. The van der Waals surface area contributed by atoms with E-state index in [1.807, 2.05) is 0 Å². The molecule has 1 aliphatic heterocycles. The zero-order valence-electron chi connectivity index (χ0n) is 10.7. The Morgan fingerprint density at radius 3 is 2.74 bits per heavy atom. The van der Waals surface area contributed by atoms with Crippen LogP contribution in [0.1, 0.15) is 23.2 Å². The molecule has 1 heterocycles. The predicted molar refractivity (Wildman–Crippen MR) is 71.6 cm³/mol. The van der Waals surface area contributed by atoms with Crippen LogP contribution in [0.2, 0.25) is 5.02 Å². The van der Waals surface area contributed by atoms with Gasteiger partial charge in [0.15, 0.2) is 0 Å². The van der Waals surface area contributed by atoms with Gasteiger partial charge in [0.2, 0.25) is 0 Å². The normalized spacial score (nSPS) is 20.9. The lowest BCUT2D eigenvalue weighted by molar-refractivity contribution is -0.0958. The van der Waals surface area contributed by atoms with Crippen molar-refractivity contribution >= 4 is 17.5 Å². The SMILES string of the molecule is COc1cc(Cl)ccc1C(=O)N1CC(O)(C2CC2)C1. The molecule has 5 heteroatoms. The maximum absolute atomic E-state index is 12.3. The highest BCUT2D eigenvalue weighted by atomic mass is 35.5. The quantitative estimate of drug-likeness (QED) is 0.921. The first-order valence-corrected chi connectivity index (χ1v) is 6.76. The number of carbonyl (C=O) groups excluding carboxylic acids is 1. The first kappa shape index (κ1) is 12.8. The summed E-state index contributed by atoms with van der Waals surface area (Å²) in [5.41, 5.74) is -0.167. The van der Waals surface area contributed by atoms with Gasteiger partial charge in [0.25, 0.3) is 5.91 Å². The summed E-state index contributed by atoms with van der Waals surface area (Å²) >= 11 is 5.88. The number of ether oxygens (including phenoxy) is 1. The minimum Gasteiger partial charge on any atom is -0.496 e. The van der Waals surface area contributed by atoms with E-state index in [1.165, 1.54) is 7.11 Å². The molecule has 4 nitrogen and oxygen atoms in total. The molecule has 1 saturated heterocycles. The molecule has 1 aliphatic carbocycles. The van der Waals surface area contributed by atoms with Crippen molar-refractivity contribution in [2.75, 3.05) is 20.2 Å². The largest absolute Gasteiger partial charge is 0.496 e. The van der Waals surface area contributed by atoms with Crippen molar-refractivity contribution in [3.63, 3.8) is 0 Å². The van der Waals surface area contributed by atoms with Gasteiger partial charge in [0.1, 0.15) is 11.4 Å². The molecule has 0 unspecified atom stereocenters. The summed E-state index contributed by atoms with van der Waals surface area (Å²) in [4.78, 5) is 14.0. The molecule has 0 atom stereocenters. The third-order valence-corrected chi connectivity index (χ3v) is 4.18. The van der Waals surface area contributed by atoms with Gasteiger partial charge in [-0.1, -0.05) is 11.6 Å². The van der Waals surface area contributed by atoms with Gasteiger partial charge in [-0.15, -0.1) is 0 Å². The maximum Gasteiger partial charge on any atom is 0.257 e. The topological polar surface area (TPSA) is 49.8 Å². The van der Waals surface area contributed by atoms with Gasteiger partial charge in [-0.3, -0.25) is 4.79 Å². The van der Waals surface area contributed by atoms with Crippen LogP contribution in [0, 0.1) is 5.92 Å². The van der Waals surface area contributed by atoms with Crippen LogP contribution in [-0.2, 0) is 0 Å². The number of carbonyl (C=O) groups is 1. The molecule has 19 heavy (non-hydrogen) atoms. The molecule has 1 saturated carbocycles. The number of nitrogens with zero attached hydrogens (tertiary/aromatic N) is 1. The van der Waals surface area contributed by atoms with E-state index in [1.54, 1.807) is 23.1 Å². The molecule has 3 rings (SSSR count). The van der Waals surface area contributed by atoms with Crippen molar-refractivity contribution in [2.45, 2.75) is 18.4 Å². The monoisotopic (exact) mass is 281 g/mol. The fourth-order valence-electron chi connectivity index (χ4n) is 2.65. The minimum atomic E-state index is -0.657. The molecular formula is C14H16ClNO3. The van der Waals surface area contributed by atoms with E-state index in [0.29, 0.717) is 35.3 Å². The van der Waals surface area contributed by atoms with Gasteiger partial charge in [0.05, 0.1) is 25.8 Å². The number of β-amino-alcohol motifs (C(OH)–C–C–N with tert-alkyl or cyclic N) is 1. The molecule has 2 fully saturated rings. The highest BCUT2D eigenvalue weighted by Gasteiger charge is 2.53. The van der Waals surface area contributed by atoms with Crippen molar-refractivity contribution in [3.05, 3.63) is 28.8 Å². The zero-order chi connectivity index (χ0) is 13.6. The van der Waals surface area contributed by atoms with Crippen LogP contribution in [0.4, 0.5) is 0 Å². The highest BCUT2D eigenvalue weighted by molar-refractivity contribution is 6.30. The Bertz CT molecular complexity index is 521. The first-order valence-electron chi connectivity index (χ1n) is 6.39. The maximum atomic E-state index is 12.3. The Balaban J connectivity index is 1.75. The van der Waals surface area contributed by atoms with Crippen molar-refractivity contribution in [1.82, 2.24) is 4.90 Å². The number of benzene rings is 1. The summed E-state index contributed by atoms with van der Waals surface area (Å²) in [5.74, 6) is 0.738. The van der Waals surface area contributed by atoms with Gasteiger partial charge in [0, 0.05) is 5.02 Å². The van der Waals surface area contributed by atoms with Crippen LogP contribution in [0.3, 0.4) is 0 Å². The van der Waals surface area contributed by atoms with E-state index >= 15 is 0 Å². The van der Waals surface area contributed by atoms with Gasteiger partial charge < -0.3 is 14.7 Å². The molecule has 0 spiro atoms. The summed E-state index contributed by atoms with van der Waals surface area (Å²) < 4.78 is 5.18. The van der Waals surface area contributed by atoms with Gasteiger partial charge >= 0.3 is 0 Å². The molecule has 0 aromatic heterocycles. The molecule has 1 aromatic rings. The lowest BCUT2D eigenvalue weighted by Crippen LogP contribution is -2.64. The zero-order valence-corrected chi connectivity index (χ0v) is 11.5. The van der Waals surface area contributed by atoms with Gasteiger partial charge in [-0.2, -0.15) is 0 Å². The van der Waals surface area contributed by atoms with Crippen molar-refractivity contribution < 1.29 is 14.6 Å².